The van der Waals surface area contributed by atoms with Crippen LogP contribution in [0.4, 0.5) is 0 Å². The molecule has 0 amide bonds. The fourth-order valence-corrected chi connectivity index (χ4v) is 0.755. The van der Waals surface area contributed by atoms with Crippen molar-refractivity contribution in [2.45, 2.75) is 26.4 Å². The monoisotopic (exact) mass is 290 g/mol. The minimum Gasteiger partial charge on any atom is -0.478 e. The summed E-state index contributed by atoms with van der Waals surface area (Å²) >= 11 is 0. The van der Waals surface area contributed by atoms with E-state index in [1.54, 1.807) is 0 Å². The minimum atomic E-state index is -1.17. The van der Waals surface area contributed by atoms with E-state index >= 15 is 0 Å². The molecule has 0 radical (unpaired) electrons. The summed E-state index contributed by atoms with van der Waals surface area (Å²) in [5.74, 6) is -2.13. The average Bonchev–Trinajstić information content (AvgIpc) is 2.27. The van der Waals surface area contributed by atoms with Gasteiger partial charge < -0.3 is 30.6 Å². The molecule has 0 saturated heterocycles. The second-order valence-electron chi connectivity index (χ2n) is 3.45. The molecule has 0 heterocycles. The lowest BCUT2D eigenvalue weighted by molar-refractivity contribution is -0.0235. The van der Waals surface area contributed by atoms with Crippen LogP contribution in [0, 0.1) is 0 Å². The Labute approximate surface area is 115 Å². The zero-order valence-corrected chi connectivity index (χ0v) is 11.0. The van der Waals surface area contributed by atoms with Crippen LogP contribution in [0.2, 0.25) is 0 Å². The third-order valence-corrected chi connectivity index (χ3v) is 1.38. The Bertz CT molecular complexity index is 352. The van der Waals surface area contributed by atoms with Gasteiger partial charge in [-0.15, -0.1) is 0 Å². The van der Waals surface area contributed by atoms with Crippen molar-refractivity contribution in [3.05, 3.63) is 35.4 Å². The summed E-state index contributed by atoms with van der Waals surface area (Å²) in [7, 11) is 0. The van der Waals surface area contributed by atoms with Crippen molar-refractivity contribution in [2.75, 3.05) is 0 Å². The summed E-state index contributed by atoms with van der Waals surface area (Å²) in [5.41, 5.74) is 0.167. The summed E-state index contributed by atoms with van der Waals surface area (Å²) in [6.07, 6.45) is -2.33. The Morgan fingerprint density at radius 1 is 0.750 bits per heavy atom. The molecule has 1 rings (SSSR count). The van der Waals surface area contributed by atoms with Gasteiger partial charge in [-0.1, -0.05) is 0 Å². The van der Waals surface area contributed by atoms with Crippen molar-refractivity contribution in [1.29, 1.82) is 0 Å². The molecule has 0 aromatic heterocycles. The minimum absolute atomic E-state index is 0.0833. The number of hydrogen-bond acceptors (Lipinski definition) is 6. The number of aromatic carboxylic acids is 2. The molecule has 0 bridgehead atoms. The van der Waals surface area contributed by atoms with Gasteiger partial charge >= 0.3 is 11.9 Å². The second kappa shape index (κ2) is 10.9. The van der Waals surface area contributed by atoms with Crippen molar-refractivity contribution in [1.82, 2.24) is 0 Å². The summed E-state index contributed by atoms with van der Waals surface area (Å²) < 4.78 is 0. The summed E-state index contributed by atoms with van der Waals surface area (Å²) in [4.78, 5) is 20.7. The molecule has 8 heteroatoms. The van der Waals surface area contributed by atoms with Gasteiger partial charge in [0.2, 0.25) is 0 Å². The lowest BCUT2D eigenvalue weighted by Crippen LogP contribution is -1.99. The molecule has 0 fully saturated rings. The van der Waals surface area contributed by atoms with Crippen LogP contribution < -0.4 is 0 Å². The van der Waals surface area contributed by atoms with Crippen LogP contribution in [0.15, 0.2) is 24.3 Å². The second-order valence-corrected chi connectivity index (χ2v) is 3.45. The van der Waals surface area contributed by atoms with E-state index in [4.69, 9.17) is 30.6 Å². The summed E-state index contributed by atoms with van der Waals surface area (Å²) in [6, 6.07) is 5.02. The first kappa shape index (κ1) is 20.3. The molecule has 1 aromatic rings. The van der Waals surface area contributed by atoms with Crippen LogP contribution in [-0.4, -0.2) is 55.2 Å². The van der Waals surface area contributed by atoms with Gasteiger partial charge in [-0.3, -0.25) is 0 Å². The Hall–Kier alpha value is -2.00. The highest BCUT2D eigenvalue weighted by molar-refractivity contribution is 5.91. The first-order chi connectivity index (χ1) is 9.07. The van der Waals surface area contributed by atoms with E-state index in [-0.39, 0.29) is 11.1 Å². The maximum atomic E-state index is 10.3. The Balaban J connectivity index is 0. The molecule has 0 aliphatic heterocycles. The molecule has 0 aliphatic rings. The average molecular weight is 290 g/mol. The Kier molecular flexibility index (Phi) is 11.1. The lowest BCUT2D eigenvalue weighted by Gasteiger charge is -1.94. The van der Waals surface area contributed by atoms with Crippen molar-refractivity contribution >= 4 is 11.9 Å². The molecule has 0 atom stereocenters. The first-order valence-electron chi connectivity index (χ1n) is 5.36. The smallest absolute Gasteiger partial charge is 0.335 e. The van der Waals surface area contributed by atoms with E-state index in [1.165, 1.54) is 38.1 Å². The number of benzene rings is 1. The molecule has 20 heavy (non-hydrogen) atoms. The third-order valence-electron chi connectivity index (χ3n) is 1.38. The zero-order valence-electron chi connectivity index (χ0n) is 11.0. The van der Waals surface area contributed by atoms with Crippen molar-refractivity contribution < 1.29 is 40.2 Å². The predicted octanol–water partition coefficient (Wildman–Crippen LogP) is -0.283. The zero-order chi connectivity index (χ0) is 16.3. The van der Waals surface area contributed by atoms with Crippen LogP contribution in [0.5, 0.6) is 0 Å². The molecular weight excluding hydrogens is 272 g/mol. The number of rotatable bonds is 2. The van der Waals surface area contributed by atoms with Crippen molar-refractivity contribution in [3.63, 3.8) is 0 Å². The van der Waals surface area contributed by atoms with Crippen LogP contribution in [0.25, 0.3) is 0 Å². The highest BCUT2D eigenvalue weighted by atomic mass is 16.5. The van der Waals surface area contributed by atoms with E-state index in [0.717, 1.165) is 0 Å². The maximum absolute atomic E-state index is 10.3. The standard InChI is InChI=1S/C8H6O4.2C2H6O2/c9-7(10)5-1-2-6(4-3-5)8(11)12;2*1-2(3)4/h1-4H,(H,9,10)(H,11,12);2*2-4H,1H3. The van der Waals surface area contributed by atoms with E-state index < -0.39 is 24.5 Å². The maximum Gasteiger partial charge on any atom is 0.335 e. The Morgan fingerprint density at radius 2 is 0.900 bits per heavy atom. The fraction of sp³-hybridized carbons (Fsp3) is 0.333. The van der Waals surface area contributed by atoms with Gasteiger partial charge in [0.25, 0.3) is 0 Å². The molecule has 8 nitrogen and oxygen atoms in total. The molecule has 0 aliphatic carbocycles. The first-order valence-corrected chi connectivity index (χ1v) is 5.36. The molecule has 1 aromatic carbocycles. The van der Waals surface area contributed by atoms with Crippen molar-refractivity contribution in [2.24, 2.45) is 0 Å². The fourth-order valence-electron chi connectivity index (χ4n) is 0.755. The normalized spacial score (nSPS) is 9.20. The van der Waals surface area contributed by atoms with E-state index in [1.807, 2.05) is 0 Å². The lowest BCUT2D eigenvalue weighted by atomic mass is 10.1. The van der Waals surface area contributed by atoms with Crippen LogP contribution in [0.3, 0.4) is 0 Å². The van der Waals surface area contributed by atoms with Gasteiger partial charge in [-0.2, -0.15) is 0 Å². The summed E-state index contributed by atoms with van der Waals surface area (Å²) in [5, 5.41) is 47.4. The van der Waals surface area contributed by atoms with Crippen LogP contribution in [0.1, 0.15) is 34.6 Å². The third kappa shape index (κ3) is 14.1. The molecular formula is C12H18O8. The Morgan fingerprint density at radius 3 is 1.00 bits per heavy atom. The van der Waals surface area contributed by atoms with Gasteiger partial charge in [0.05, 0.1) is 11.1 Å². The number of carboxylic acids is 2. The van der Waals surface area contributed by atoms with E-state index in [2.05, 4.69) is 0 Å². The molecule has 6 N–H and O–H groups in total. The number of aliphatic hydroxyl groups excluding tert-OH is 2. The van der Waals surface area contributed by atoms with Gasteiger partial charge in [0.15, 0.2) is 0 Å². The number of carboxylic acid groups (broad SMARTS) is 2. The largest absolute Gasteiger partial charge is 0.478 e. The van der Waals surface area contributed by atoms with Crippen molar-refractivity contribution in [3.8, 4) is 0 Å². The topological polar surface area (TPSA) is 156 Å². The highest BCUT2D eigenvalue weighted by Crippen LogP contribution is 2.03. The van der Waals surface area contributed by atoms with E-state index in [9.17, 15) is 9.59 Å². The molecule has 0 saturated carbocycles. The molecule has 114 valence electrons. The quantitative estimate of drug-likeness (QED) is 0.406. The molecule has 0 spiro atoms. The molecule has 0 unspecified atom stereocenters. The van der Waals surface area contributed by atoms with Gasteiger partial charge in [0, 0.05) is 0 Å². The van der Waals surface area contributed by atoms with Crippen LogP contribution >= 0.6 is 0 Å². The van der Waals surface area contributed by atoms with Gasteiger partial charge in [-0.25, -0.2) is 9.59 Å². The summed E-state index contributed by atoms with van der Waals surface area (Å²) in [6.45, 7) is 2.56. The number of aliphatic hydroxyl groups is 4. The predicted molar refractivity (Wildman–Crippen MR) is 68.2 cm³/mol. The number of carbonyl (C=O) groups is 2. The van der Waals surface area contributed by atoms with Crippen LogP contribution in [-0.2, 0) is 0 Å². The highest BCUT2D eigenvalue weighted by Gasteiger charge is 2.04. The van der Waals surface area contributed by atoms with Gasteiger partial charge in [-0.05, 0) is 38.1 Å². The van der Waals surface area contributed by atoms with Gasteiger partial charge in [0.1, 0.15) is 12.6 Å². The van der Waals surface area contributed by atoms with E-state index in [0.29, 0.717) is 0 Å². The number of hydrogen-bond donors (Lipinski definition) is 6. The SMILES string of the molecule is CC(O)O.CC(O)O.O=C(O)c1ccc(C(=O)O)cc1.